The molecule has 0 saturated heterocycles. The fraction of sp³-hybridized carbons (Fsp3) is 0.583. The largest absolute Gasteiger partial charge is 0.392 e. The number of aliphatic hydroxyl groups excluding tert-OH is 7. The highest BCUT2D eigenvalue weighted by atomic mass is 16.4. The van der Waals surface area contributed by atoms with E-state index in [0.717, 1.165) is 5.56 Å². The molecule has 0 aliphatic heterocycles. The first-order chi connectivity index (χ1) is 9.40. The van der Waals surface area contributed by atoms with Crippen LogP contribution in [0.1, 0.15) is 5.56 Å². The lowest BCUT2D eigenvalue weighted by Crippen LogP contribution is -2.63. The number of hydrogen-bond acceptors (Lipinski definition) is 8. The van der Waals surface area contributed by atoms with Gasteiger partial charge in [-0.25, -0.2) is 0 Å². The van der Waals surface area contributed by atoms with Crippen molar-refractivity contribution >= 4 is 0 Å². The molecule has 20 heavy (non-hydrogen) atoms. The van der Waals surface area contributed by atoms with Crippen LogP contribution < -0.4 is 0 Å². The van der Waals surface area contributed by atoms with Crippen molar-refractivity contribution in [3.05, 3.63) is 30.1 Å². The molecule has 0 unspecified atom stereocenters. The van der Waals surface area contributed by atoms with Crippen molar-refractivity contribution in [3.63, 3.8) is 0 Å². The van der Waals surface area contributed by atoms with Crippen molar-refractivity contribution in [1.82, 2.24) is 4.98 Å². The number of hydrogen-bond donors (Lipinski definition) is 7. The summed E-state index contributed by atoms with van der Waals surface area (Å²) < 4.78 is 0. The van der Waals surface area contributed by atoms with Gasteiger partial charge in [-0.05, 0) is 11.6 Å². The molecule has 0 atom stereocenters. The van der Waals surface area contributed by atoms with E-state index in [4.69, 9.17) is 35.7 Å². The van der Waals surface area contributed by atoms with Gasteiger partial charge < -0.3 is 35.7 Å². The van der Waals surface area contributed by atoms with Gasteiger partial charge in [0.2, 0.25) is 0 Å². The van der Waals surface area contributed by atoms with Gasteiger partial charge in [-0.2, -0.15) is 0 Å². The van der Waals surface area contributed by atoms with Crippen LogP contribution in [0.25, 0.3) is 0 Å². The lowest BCUT2D eigenvalue weighted by Gasteiger charge is -2.39. The molecule has 0 bridgehead atoms. The second kappa shape index (κ2) is 7.60. The normalized spacial score (nSPS) is 37.0. The Hall–Kier alpha value is -1.13. The van der Waals surface area contributed by atoms with Crippen molar-refractivity contribution in [3.8, 4) is 0 Å². The zero-order valence-corrected chi connectivity index (χ0v) is 10.6. The van der Waals surface area contributed by atoms with Crippen molar-refractivity contribution in [2.75, 3.05) is 0 Å². The Bertz CT molecular complexity index is 332. The van der Waals surface area contributed by atoms with E-state index in [0.29, 0.717) is 0 Å². The molecule has 1 aromatic heterocycles. The van der Waals surface area contributed by atoms with Crippen LogP contribution in [0, 0.1) is 0 Å². The fourth-order valence-corrected chi connectivity index (χ4v) is 1.70. The minimum absolute atomic E-state index is 0.0772. The highest BCUT2D eigenvalue weighted by Crippen LogP contribution is 2.20. The predicted octanol–water partition coefficient (Wildman–Crippen LogP) is -3.26. The smallest absolute Gasteiger partial charge is 0.111 e. The summed E-state index contributed by atoms with van der Waals surface area (Å²) >= 11 is 0. The van der Waals surface area contributed by atoms with Gasteiger partial charge in [0.25, 0.3) is 0 Å². The van der Waals surface area contributed by atoms with E-state index in [9.17, 15) is 0 Å². The first-order valence-corrected chi connectivity index (χ1v) is 5.98. The molecule has 1 aliphatic rings. The summed E-state index contributed by atoms with van der Waals surface area (Å²) in [6, 6.07) is 3.62. The van der Waals surface area contributed by atoms with Crippen LogP contribution in [-0.4, -0.2) is 77.4 Å². The SMILES string of the molecule is OC1C(O)C(O)C(O)C(O)C1O.OCc1cccnc1. The fourth-order valence-electron chi connectivity index (χ4n) is 1.70. The Morgan fingerprint density at radius 3 is 1.40 bits per heavy atom. The van der Waals surface area contributed by atoms with Crippen LogP contribution in [0.5, 0.6) is 0 Å². The molecule has 7 N–H and O–H groups in total. The van der Waals surface area contributed by atoms with Gasteiger partial charge in [0.1, 0.15) is 36.6 Å². The van der Waals surface area contributed by atoms with Gasteiger partial charge in [0.15, 0.2) is 0 Å². The van der Waals surface area contributed by atoms with Crippen molar-refractivity contribution in [2.24, 2.45) is 0 Å². The lowest BCUT2D eigenvalue weighted by atomic mass is 9.85. The van der Waals surface area contributed by atoms with E-state index in [1.165, 1.54) is 0 Å². The molecule has 8 heteroatoms. The summed E-state index contributed by atoms with van der Waals surface area (Å²) in [6.07, 6.45) is -6.52. The van der Waals surface area contributed by atoms with Crippen LogP contribution in [-0.2, 0) is 6.61 Å². The number of nitrogens with zero attached hydrogens (tertiary/aromatic N) is 1. The van der Waals surface area contributed by atoms with E-state index in [1.807, 2.05) is 6.07 Å². The predicted molar refractivity (Wildman–Crippen MR) is 66.2 cm³/mol. The minimum Gasteiger partial charge on any atom is -0.392 e. The molecule has 1 aliphatic carbocycles. The van der Waals surface area contributed by atoms with Crippen LogP contribution in [0.3, 0.4) is 0 Å². The molecule has 8 nitrogen and oxygen atoms in total. The highest BCUT2D eigenvalue weighted by molar-refractivity contribution is 5.06. The Kier molecular flexibility index (Phi) is 6.43. The van der Waals surface area contributed by atoms with E-state index >= 15 is 0 Å². The third-order valence-corrected chi connectivity index (χ3v) is 3.00. The molecule has 1 heterocycles. The van der Waals surface area contributed by atoms with Crippen molar-refractivity contribution in [2.45, 2.75) is 43.2 Å². The van der Waals surface area contributed by atoms with E-state index < -0.39 is 36.6 Å². The maximum absolute atomic E-state index is 8.97. The number of aliphatic hydroxyl groups is 7. The lowest BCUT2D eigenvalue weighted by molar-refractivity contribution is -0.223. The zero-order valence-electron chi connectivity index (χ0n) is 10.6. The molecular formula is C12H19NO7. The third kappa shape index (κ3) is 3.93. The molecule has 0 aromatic carbocycles. The minimum atomic E-state index is -1.64. The molecule has 1 aromatic rings. The average Bonchev–Trinajstić information content (AvgIpc) is 2.50. The second-order valence-electron chi connectivity index (χ2n) is 4.46. The zero-order chi connectivity index (χ0) is 15.3. The molecule has 2 rings (SSSR count). The standard InChI is InChI=1S/C6H7NO.C6H12O6/c8-5-6-2-1-3-7-4-6;7-1-2(8)4(10)6(12)5(11)3(1)9/h1-4,8H,5H2;1-12H. The van der Waals surface area contributed by atoms with Crippen molar-refractivity contribution < 1.29 is 35.7 Å². The van der Waals surface area contributed by atoms with Crippen LogP contribution in [0.2, 0.25) is 0 Å². The monoisotopic (exact) mass is 289 g/mol. The first-order valence-electron chi connectivity index (χ1n) is 5.98. The maximum atomic E-state index is 8.97. The molecule has 1 saturated carbocycles. The van der Waals surface area contributed by atoms with Crippen LogP contribution in [0.15, 0.2) is 24.5 Å². The second-order valence-corrected chi connectivity index (χ2v) is 4.46. The Morgan fingerprint density at radius 2 is 1.20 bits per heavy atom. The van der Waals surface area contributed by atoms with Gasteiger partial charge in [-0.1, -0.05) is 6.07 Å². The summed E-state index contributed by atoms with van der Waals surface area (Å²) in [5, 5.41) is 62.3. The summed E-state index contributed by atoms with van der Waals surface area (Å²) in [7, 11) is 0. The third-order valence-electron chi connectivity index (χ3n) is 3.00. The summed E-state index contributed by atoms with van der Waals surface area (Å²) in [4.78, 5) is 3.80. The summed E-state index contributed by atoms with van der Waals surface area (Å²) in [6.45, 7) is 0.0772. The van der Waals surface area contributed by atoms with Gasteiger partial charge >= 0.3 is 0 Å². The molecule has 114 valence electrons. The number of aromatic nitrogens is 1. The van der Waals surface area contributed by atoms with Crippen LogP contribution in [0.4, 0.5) is 0 Å². The van der Waals surface area contributed by atoms with E-state index in [-0.39, 0.29) is 6.61 Å². The van der Waals surface area contributed by atoms with Crippen molar-refractivity contribution in [1.29, 1.82) is 0 Å². The Morgan fingerprint density at radius 1 is 0.800 bits per heavy atom. The summed E-state index contributed by atoms with van der Waals surface area (Å²) in [5.74, 6) is 0. The molecular weight excluding hydrogens is 270 g/mol. The van der Waals surface area contributed by atoms with E-state index in [2.05, 4.69) is 4.98 Å². The summed E-state index contributed by atoms with van der Waals surface area (Å²) in [5.41, 5.74) is 0.854. The first kappa shape index (κ1) is 16.9. The molecule has 0 spiro atoms. The number of rotatable bonds is 1. The number of pyridine rings is 1. The van der Waals surface area contributed by atoms with Gasteiger partial charge in [-0.3, -0.25) is 4.98 Å². The molecule has 0 radical (unpaired) electrons. The Balaban J connectivity index is 0.000000217. The Labute approximate surface area is 115 Å². The quantitative estimate of drug-likeness (QED) is 0.284. The molecule has 0 amide bonds. The van der Waals surface area contributed by atoms with Gasteiger partial charge in [0, 0.05) is 12.4 Å². The van der Waals surface area contributed by atoms with E-state index in [1.54, 1.807) is 18.5 Å². The highest BCUT2D eigenvalue weighted by Gasteiger charge is 2.47. The molecule has 1 fully saturated rings. The maximum Gasteiger partial charge on any atom is 0.111 e. The van der Waals surface area contributed by atoms with Crippen LogP contribution >= 0.6 is 0 Å². The van der Waals surface area contributed by atoms with Gasteiger partial charge in [0.05, 0.1) is 6.61 Å². The van der Waals surface area contributed by atoms with Gasteiger partial charge in [-0.15, -0.1) is 0 Å². The topological polar surface area (TPSA) is 154 Å². The average molecular weight is 289 g/mol.